The minimum atomic E-state index is -2.55. The Morgan fingerprint density at radius 1 is 1.27 bits per heavy atom. The second-order valence-corrected chi connectivity index (χ2v) is 8.55. The van der Waals surface area contributed by atoms with Gasteiger partial charge in [0.2, 0.25) is 0 Å². The predicted molar refractivity (Wildman–Crippen MR) is 92.1 cm³/mol. The van der Waals surface area contributed by atoms with E-state index in [1.165, 1.54) is 0 Å². The van der Waals surface area contributed by atoms with Gasteiger partial charge in [0.15, 0.2) is 0 Å². The molecular weight excluding hydrogens is 294 g/mol. The number of hydrogen-bond acceptors (Lipinski definition) is 3. The number of aliphatic hydroxyl groups is 1. The topological polar surface area (TPSA) is 49.7 Å². The van der Waals surface area contributed by atoms with Gasteiger partial charge in [-0.15, -0.1) is 0 Å². The molecule has 2 rings (SSSR count). The van der Waals surface area contributed by atoms with Crippen LogP contribution in [0.1, 0.15) is 39.5 Å². The molecule has 0 radical (unpaired) electrons. The van der Waals surface area contributed by atoms with Crippen molar-refractivity contribution in [2.75, 3.05) is 7.05 Å². The van der Waals surface area contributed by atoms with E-state index in [0.717, 1.165) is 36.2 Å². The zero-order valence-corrected chi connectivity index (χ0v) is 14.6. The maximum Gasteiger partial charge on any atom is 0.0966 e. The van der Waals surface area contributed by atoms with Crippen LogP contribution in [0.2, 0.25) is 0 Å². The van der Waals surface area contributed by atoms with Crippen LogP contribution in [0.3, 0.4) is 0 Å². The first-order valence-electron chi connectivity index (χ1n) is 8.07. The Morgan fingerprint density at radius 3 is 2.55 bits per heavy atom. The van der Waals surface area contributed by atoms with Gasteiger partial charge in [0, 0.05) is 18.4 Å². The van der Waals surface area contributed by atoms with Crippen molar-refractivity contribution in [1.82, 2.24) is 0 Å². The molecule has 1 aromatic carbocycles. The van der Waals surface area contributed by atoms with E-state index in [9.17, 15) is 9.32 Å². The van der Waals surface area contributed by atoms with Crippen LogP contribution in [-0.2, 0) is 9.73 Å². The van der Waals surface area contributed by atoms with Gasteiger partial charge in [-0.05, 0) is 37.3 Å². The molecule has 1 saturated carbocycles. The summed E-state index contributed by atoms with van der Waals surface area (Å²) in [6.07, 6.45) is 3.73. The standard InChI is InChI=1S/C18H27NO2S/c1-14(2)18(20)17-12-8-7-9-15(17)13-22(21,19-3)16-10-5-4-6-11-16/h4-6,10-11,13-14,17-18,20H,7-9,12H2,1-3H3/b15-13-/t17-,18+,22+/m1/s1. The van der Waals surface area contributed by atoms with Crippen LogP contribution in [0.5, 0.6) is 0 Å². The summed E-state index contributed by atoms with van der Waals surface area (Å²) in [6, 6.07) is 9.42. The minimum Gasteiger partial charge on any atom is -0.392 e. The Morgan fingerprint density at radius 2 is 1.95 bits per heavy atom. The highest BCUT2D eigenvalue weighted by atomic mass is 32.2. The van der Waals surface area contributed by atoms with E-state index in [-0.39, 0.29) is 17.9 Å². The molecule has 0 heterocycles. The monoisotopic (exact) mass is 321 g/mol. The maximum absolute atomic E-state index is 13.2. The molecule has 0 amide bonds. The molecule has 1 fully saturated rings. The number of hydrogen-bond donors (Lipinski definition) is 1. The van der Waals surface area contributed by atoms with E-state index >= 15 is 0 Å². The van der Waals surface area contributed by atoms with Crippen LogP contribution >= 0.6 is 0 Å². The highest BCUT2D eigenvalue weighted by Gasteiger charge is 2.29. The largest absolute Gasteiger partial charge is 0.392 e. The van der Waals surface area contributed by atoms with Crippen LogP contribution in [0, 0.1) is 11.8 Å². The summed E-state index contributed by atoms with van der Waals surface area (Å²) in [5, 5.41) is 12.3. The highest BCUT2D eigenvalue weighted by Crippen LogP contribution is 2.35. The fourth-order valence-electron chi connectivity index (χ4n) is 3.11. The maximum atomic E-state index is 13.2. The number of nitrogens with zero attached hydrogens (tertiary/aromatic N) is 1. The van der Waals surface area contributed by atoms with E-state index in [4.69, 9.17) is 0 Å². The van der Waals surface area contributed by atoms with Crippen molar-refractivity contribution < 1.29 is 9.32 Å². The summed E-state index contributed by atoms with van der Waals surface area (Å²) in [4.78, 5) is 0.744. The van der Waals surface area contributed by atoms with Crippen molar-refractivity contribution in [2.24, 2.45) is 16.2 Å². The lowest BCUT2D eigenvalue weighted by molar-refractivity contribution is 0.0687. The van der Waals surface area contributed by atoms with Gasteiger partial charge >= 0.3 is 0 Å². The molecule has 1 aliphatic rings. The average molecular weight is 321 g/mol. The molecule has 1 N–H and O–H groups in total. The van der Waals surface area contributed by atoms with Crippen LogP contribution in [0.15, 0.2) is 50.6 Å². The summed E-state index contributed by atoms with van der Waals surface area (Å²) in [5.41, 5.74) is 1.12. The van der Waals surface area contributed by atoms with Crippen molar-refractivity contribution in [3.63, 3.8) is 0 Å². The first-order chi connectivity index (χ1) is 10.5. The molecule has 4 heteroatoms. The number of aliphatic hydroxyl groups excluding tert-OH is 1. The van der Waals surface area contributed by atoms with Gasteiger partial charge in [-0.2, -0.15) is 0 Å². The molecule has 3 nitrogen and oxygen atoms in total. The third-order valence-corrected chi connectivity index (χ3v) is 6.58. The average Bonchev–Trinajstić information content (AvgIpc) is 2.55. The third kappa shape index (κ3) is 3.79. The van der Waals surface area contributed by atoms with Crippen molar-refractivity contribution in [2.45, 2.75) is 50.5 Å². The van der Waals surface area contributed by atoms with E-state index in [2.05, 4.69) is 4.36 Å². The zero-order chi connectivity index (χ0) is 16.2. The van der Waals surface area contributed by atoms with Crippen molar-refractivity contribution in [3.05, 3.63) is 41.3 Å². The summed E-state index contributed by atoms with van der Waals surface area (Å²) in [5.74, 6) is 0.317. The molecule has 1 aliphatic carbocycles. The van der Waals surface area contributed by atoms with Crippen molar-refractivity contribution in [3.8, 4) is 0 Å². The molecule has 122 valence electrons. The van der Waals surface area contributed by atoms with E-state index in [1.54, 1.807) is 7.05 Å². The molecule has 1 aromatic rings. The number of benzene rings is 1. The molecular formula is C18H27NO2S. The smallest absolute Gasteiger partial charge is 0.0966 e. The molecule has 0 aromatic heterocycles. The van der Waals surface area contributed by atoms with Crippen LogP contribution in [0.4, 0.5) is 0 Å². The summed E-state index contributed by atoms with van der Waals surface area (Å²) in [7, 11) is -0.931. The Bertz CT molecular complexity index is 628. The third-order valence-electron chi connectivity index (χ3n) is 4.47. The summed E-state index contributed by atoms with van der Waals surface area (Å²) < 4.78 is 17.4. The Balaban J connectivity index is 2.41. The molecule has 3 atom stereocenters. The Hall–Kier alpha value is -1.13. The second kappa shape index (κ2) is 7.42. The SMILES string of the molecule is CN=[S@](=O)(/C=C1/CCCC[C@H]1[C@@H](O)C(C)C)c1ccccc1. The lowest BCUT2D eigenvalue weighted by Gasteiger charge is -2.32. The summed E-state index contributed by atoms with van der Waals surface area (Å²) in [6.45, 7) is 4.07. The lowest BCUT2D eigenvalue weighted by Crippen LogP contribution is -2.29. The first kappa shape index (κ1) is 17.2. The van der Waals surface area contributed by atoms with Gasteiger partial charge in [-0.25, -0.2) is 8.57 Å². The molecule has 22 heavy (non-hydrogen) atoms. The van der Waals surface area contributed by atoms with Crippen LogP contribution < -0.4 is 0 Å². The van der Waals surface area contributed by atoms with E-state index in [0.29, 0.717) is 0 Å². The Kier molecular flexibility index (Phi) is 5.81. The zero-order valence-electron chi connectivity index (χ0n) is 13.7. The van der Waals surface area contributed by atoms with Gasteiger partial charge in [0.1, 0.15) is 0 Å². The van der Waals surface area contributed by atoms with E-state index in [1.807, 2.05) is 49.6 Å². The fraction of sp³-hybridized carbons (Fsp3) is 0.556. The van der Waals surface area contributed by atoms with Gasteiger partial charge < -0.3 is 5.11 Å². The van der Waals surface area contributed by atoms with Gasteiger partial charge in [-0.3, -0.25) is 0 Å². The van der Waals surface area contributed by atoms with E-state index < -0.39 is 9.73 Å². The molecule has 0 saturated heterocycles. The van der Waals surface area contributed by atoms with Crippen molar-refractivity contribution in [1.29, 1.82) is 0 Å². The fourth-order valence-corrected chi connectivity index (χ4v) is 4.81. The van der Waals surface area contributed by atoms with Gasteiger partial charge in [-0.1, -0.05) is 44.0 Å². The Labute approximate surface area is 134 Å². The highest BCUT2D eigenvalue weighted by molar-refractivity contribution is 7.96. The van der Waals surface area contributed by atoms with Gasteiger partial charge in [0.25, 0.3) is 0 Å². The molecule has 0 spiro atoms. The van der Waals surface area contributed by atoms with Gasteiger partial charge in [0.05, 0.1) is 20.7 Å². The quantitative estimate of drug-likeness (QED) is 0.902. The van der Waals surface area contributed by atoms with Crippen LogP contribution in [0.25, 0.3) is 0 Å². The molecule has 0 aliphatic heterocycles. The normalized spacial score (nSPS) is 25.0. The first-order valence-corrected chi connectivity index (χ1v) is 9.64. The molecule has 0 unspecified atom stereocenters. The van der Waals surface area contributed by atoms with Crippen molar-refractivity contribution >= 4 is 9.73 Å². The minimum absolute atomic E-state index is 0.111. The summed E-state index contributed by atoms with van der Waals surface area (Å²) >= 11 is 0. The molecule has 0 bridgehead atoms. The number of rotatable bonds is 4. The second-order valence-electron chi connectivity index (χ2n) is 6.34. The predicted octanol–water partition coefficient (Wildman–Crippen LogP) is 4.23. The lowest BCUT2D eigenvalue weighted by atomic mass is 9.78. The van der Waals surface area contributed by atoms with Crippen LogP contribution in [-0.4, -0.2) is 22.5 Å².